The Labute approximate surface area is 139 Å². The number of hydrogen-bond donors (Lipinski definition) is 3. The summed E-state index contributed by atoms with van der Waals surface area (Å²) in [6, 6.07) is 6.17. The van der Waals surface area contributed by atoms with Crippen molar-refractivity contribution in [3.63, 3.8) is 0 Å². The minimum absolute atomic E-state index is 0.0528. The second kappa shape index (κ2) is 5.81. The third-order valence-corrected chi connectivity index (χ3v) is 4.06. The summed E-state index contributed by atoms with van der Waals surface area (Å²) in [4.78, 5) is 23.5. The molecular weight excluding hydrogens is 304 g/mol. The number of amides is 1. The maximum Gasteiger partial charge on any atom is 0.246 e. The second-order valence-corrected chi connectivity index (χ2v) is 6.00. The van der Waals surface area contributed by atoms with Gasteiger partial charge in [0.1, 0.15) is 5.82 Å². The van der Waals surface area contributed by atoms with Crippen LogP contribution in [0.5, 0.6) is 0 Å². The zero-order chi connectivity index (χ0) is 16.5. The van der Waals surface area contributed by atoms with Gasteiger partial charge in [0.05, 0.1) is 6.57 Å². The molecule has 0 saturated heterocycles. The van der Waals surface area contributed by atoms with Crippen LogP contribution in [0.25, 0.3) is 4.85 Å². The average Bonchev–Trinajstić information content (AvgIpc) is 3.39. The quantitative estimate of drug-likeness (QED) is 0.753. The minimum Gasteiger partial charge on any atom is -0.376 e. The number of anilines is 4. The first-order chi connectivity index (χ1) is 11.7. The highest BCUT2D eigenvalue weighted by atomic mass is 16.1. The van der Waals surface area contributed by atoms with E-state index in [4.69, 9.17) is 6.57 Å². The number of fused-ring (bicyclic) bond motifs is 1. The van der Waals surface area contributed by atoms with Gasteiger partial charge in [-0.25, -0.2) is 14.8 Å². The lowest BCUT2D eigenvalue weighted by molar-refractivity contribution is -0.116. The van der Waals surface area contributed by atoms with Gasteiger partial charge in [0.25, 0.3) is 0 Å². The Morgan fingerprint density at radius 2 is 2.17 bits per heavy atom. The molecule has 4 rings (SSSR count). The van der Waals surface area contributed by atoms with Crippen molar-refractivity contribution in [3.8, 4) is 0 Å². The number of aromatic nitrogens is 2. The van der Waals surface area contributed by atoms with Crippen LogP contribution >= 0.6 is 0 Å². The SMILES string of the molecule is [C-]#[N+]c1cnc(Nc2ccc3c(c2)CCC(=O)N3)nc1NC1CC1. The molecule has 1 saturated carbocycles. The molecule has 2 aromatic rings. The molecule has 1 fully saturated rings. The molecule has 1 aromatic carbocycles. The number of nitrogens with one attached hydrogen (secondary N) is 3. The first-order valence-corrected chi connectivity index (χ1v) is 7.92. The second-order valence-electron chi connectivity index (χ2n) is 6.00. The molecule has 0 atom stereocenters. The molecule has 0 bridgehead atoms. The summed E-state index contributed by atoms with van der Waals surface area (Å²) in [5, 5.41) is 9.30. The van der Waals surface area contributed by atoms with Crippen molar-refractivity contribution >= 4 is 34.7 Å². The van der Waals surface area contributed by atoms with E-state index in [0.717, 1.165) is 36.2 Å². The van der Waals surface area contributed by atoms with E-state index in [2.05, 4.69) is 30.8 Å². The standard InChI is InChI=1S/C17H16N6O/c1-18-14-9-19-17(23-16(14)20-11-3-4-11)21-12-5-6-13-10(8-12)2-7-15(24)22-13/h5-6,8-9,11H,2-4,7H2,(H,22,24)(H2,19,20,21,23). The van der Waals surface area contributed by atoms with Gasteiger partial charge in [-0.1, -0.05) is 0 Å². The highest BCUT2D eigenvalue weighted by molar-refractivity contribution is 5.94. The molecule has 1 aromatic heterocycles. The van der Waals surface area contributed by atoms with Gasteiger partial charge in [0.2, 0.25) is 17.5 Å². The zero-order valence-corrected chi connectivity index (χ0v) is 13.0. The number of aryl methyl sites for hydroxylation is 1. The Hall–Kier alpha value is -3.14. The number of carbonyl (C=O) groups is 1. The molecule has 3 N–H and O–H groups in total. The Kier molecular flexibility index (Phi) is 3.50. The number of nitrogens with zero attached hydrogens (tertiary/aromatic N) is 3. The van der Waals surface area contributed by atoms with Gasteiger partial charge in [-0.3, -0.25) is 4.79 Å². The largest absolute Gasteiger partial charge is 0.376 e. The van der Waals surface area contributed by atoms with Crippen LogP contribution < -0.4 is 16.0 Å². The lowest BCUT2D eigenvalue weighted by atomic mass is 10.0. The first kappa shape index (κ1) is 14.5. The number of carbonyl (C=O) groups excluding carboxylic acids is 1. The fourth-order valence-corrected chi connectivity index (χ4v) is 2.64. The lowest BCUT2D eigenvalue weighted by Gasteiger charge is -2.18. The van der Waals surface area contributed by atoms with Gasteiger partial charge in [0, 0.05) is 30.0 Å². The summed E-state index contributed by atoms with van der Waals surface area (Å²) in [5.74, 6) is 1.08. The van der Waals surface area contributed by atoms with Gasteiger partial charge >= 0.3 is 0 Å². The molecule has 1 aliphatic heterocycles. The molecular formula is C17H16N6O. The van der Waals surface area contributed by atoms with Gasteiger partial charge < -0.3 is 16.0 Å². The number of rotatable bonds is 4. The van der Waals surface area contributed by atoms with Crippen molar-refractivity contribution < 1.29 is 4.79 Å². The van der Waals surface area contributed by atoms with Crippen LogP contribution in [0.2, 0.25) is 0 Å². The van der Waals surface area contributed by atoms with E-state index in [1.54, 1.807) is 0 Å². The molecule has 7 heteroatoms. The minimum atomic E-state index is 0.0528. The van der Waals surface area contributed by atoms with Crippen LogP contribution in [0.1, 0.15) is 24.8 Å². The van der Waals surface area contributed by atoms with Crippen LogP contribution in [-0.2, 0) is 11.2 Å². The van der Waals surface area contributed by atoms with Crippen LogP contribution in [0.15, 0.2) is 24.4 Å². The van der Waals surface area contributed by atoms with E-state index in [1.807, 2.05) is 18.2 Å². The Morgan fingerprint density at radius 1 is 1.29 bits per heavy atom. The highest BCUT2D eigenvalue weighted by Gasteiger charge is 2.23. The molecule has 2 heterocycles. The Balaban J connectivity index is 1.56. The van der Waals surface area contributed by atoms with Gasteiger partial charge in [-0.15, -0.1) is 0 Å². The summed E-state index contributed by atoms with van der Waals surface area (Å²) >= 11 is 0. The van der Waals surface area contributed by atoms with E-state index < -0.39 is 0 Å². The molecule has 0 spiro atoms. The molecule has 1 aliphatic carbocycles. The Morgan fingerprint density at radius 3 is 2.96 bits per heavy atom. The number of hydrogen-bond acceptors (Lipinski definition) is 5. The summed E-state index contributed by atoms with van der Waals surface area (Å²) < 4.78 is 0. The van der Waals surface area contributed by atoms with Crippen LogP contribution in [-0.4, -0.2) is 21.9 Å². The van der Waals surface area contributed by atoms with Gasteiger partial charge in [-0.2, -0.15) is 0 Å². The molecule has 2 aliphatic rings. The van der Waals surface area contributed by atoms with Crippen molar-refractivity contribution in [3.05, 3.63) is 41.4 Å². The van der Waals surface area contributed by atoms with Crippen molar-refractivity contribution in [2.24, 2.45) is 0 Å². The third-order valence-electron chi connectivity index (χ3n) is 4.06. The van der Waals surface area contributed by atoms with Crippen molar-refractivity contribution in [2.45, 2.75) is 31.7 Å². The molecule has 24 heavy (non-hydrogen) atoms. The summed E-state index contributed by atoms with van der Waals surface area (Å²) in [6.45, 7) is 7.21. The van der Waals surface area contributed by atoms with E-state index in [-0.39, 0.29) is 5.91 Å². The van der Waals surface area contributed by atoms with Crippen molar-refractivity contribution in [2.75, 3.05) is 16.0 Å². The zero-order valence-electron chi connectivity index (χ0n) is 13.0. The topological polar surface area (TPSA) is 83.3 Å². The third kappa shape index (κ3) is 2.99. The van der Waals surface area contributed by atoms with Crippen LogP contribution in [0.3, 0.4) is 0 Å². The summed E-state index contributed by atoms with van der Waals surface area (Å²) in [5.41, 5.74) is 3.24. The smallest absolute Gasteiger partial charge is 0.246 e. The van der Waals surface area contributed by atoms with Crippen molar-refractivity contribution in [1.82, 2.24) is 9.97 Å². The maximum absolute atomic E-state index is 11.4. The van der Waals surface area contributed by atoms with Crippen molar-refractivity contribution in [1.29, 1.82) is 0 Å². The fraction of sp³-hybridized carbons (Fsp3) is 0.294. The molecule has 0 radical (unpaired) electrons. The first-order valence-electron chi connectivity index (χ1n) is 7.92. The monoisotopic (exact) mass is 320 g/mol. The average molecular weight is 320 g/mol. The molecule has 1 amide bonds. The van der Waals surface area contributed by atoms with E-state index in [9.17, 15) is 4.79 Å². The highest BCUT2D eigenvalue weighted by Crippen LogP contribution is 2.31. The summed E-state index contributed by atoms with van der Waals surface area (Å²) in [6.07, 6.45) is 4.98. The molecule has 120 valence electrons. The van der Waals surface area contributed by atoms with Gasteiger partial charge in [-0.05, 0) is 43.0 Å². The van der Waals surface area contributed by atoms with E-state index in [0.29, 0.717) is 29.9 Å². The fourth-order valence-electron chi connectivity index (χ4n) is 2.64. The molecule has 0 unspecified atom stereocenters. The predicted octanol–water partition coefficient (Wildman–Crippen LogP) is 3.23. The lowest BCUT2D eigenvalue weighted by Crippen LogP contribution is -2.18. The predicted molar refractivity (Wildman–Crippen MR) is 91.6 cm³/mol. The van der Waals surface area contributed by atoms with Gasteiger partial charge in [0.15, 0.2) is 0 Å². The normalized spacial score (nSPS) is 15.9. The summed E-state index contributed by atoms with van der Waals surface area (Å²) in [7, 11) is 0. The van der Waals surface area contributed by atoms with E-state index in [1.165, 1.54) is 6.20 Å². The maximum atomic E-state index is 11.4. The molecule has 7 nitrogen and oxygen atoms in total. The Bertz CT molecular complexity index is 853. The van der Waals surface area contributed by atoms with Crippen LogP contribution in [0.4, 0.5) is 28.8 Å². The van der Waals surface area contributed by atoms with Crippen LogP contribution in [0, 0.1) is 6.57 Å². The number of benzene rings is 1. The van der Waals surface area contributed by atoms with E-state index >= 15 is 0 Å².